The number of anilines is 2. The fourth-order valence-electron chi connectivity index (χ4n) is 1.59. The first-order chi connectivity index (χ1) is 7.29. The lowest BCUT2D eigenvalue weighted by atomic mass is 10.3. The molecule has 1 saturated heterocycles. The molecular formula is C10H16N4O. The highest BCUT2D eigenvalue weighted by molar-refractivity contribution is 5.40. The molecule has 2 rings (SSSR count). The van der Waals surface area contributed by atoms with Gasteiger partial charge in [-0.05, 0) is 6.42 Å². The average molecular weight is 208 g/mol. The van der Waals surface area contributed by atoms with Crippen molar-refractivity contribution in [3.63, 3.8) is 0 Å². The van der Waals surface area contributed by atoms with Gasteiger partial charge < -0.3 is 15.4 Å². The fraction of sp³-hybridized carbons (Fsp3) is 0.600. The van der Waals surface area contributed by atoms with Gasteiger partial charge in [0.1, 0.15) is 5.82 Å². The second kappa shape index (κ2) is 4.44. The summed E-state index contributed by atoms with van der Waals surface area (Å²) < 4.78 is 5.28. The molecule has 0 radical (unpaired) electrons. The number of nitrogen functional groups attached to an aromatic ring is 1. The van der Waals surface area contributed by atoms with Crippen LogP contribution in [-0.4, -0.2) is 36.3 Å². The molecule has 0 aromatic carbocycles. The number of nitrogens with zero attached hydrogens (tertiary/aromatic N) is 3. The van der Waals surface area contributed by atoms with Crippen LogP contribution in [0.25, 0.3) is 0 Å². The van der Waals surface area contributed by atoms with Crippen LogP contribution in [0.1, 0.15) is 12.6 Å². The molecule has 1 aliphatic heterocycles. The molecule has 0 amide bonds. The molecule has 5 heteroatoms. The molecule has 1 aromatic rings. The van der Waals surface area contributed by atoms with Gasteiger partial charge in [0.2, 0.25) is 5.95 Å². The standard InChI is InChI=1S/C10H16N4O/c1-2-8-7-9(11)13-10(12-8)14-3-5-15-6-4-14/h7H,2-6H2,1H3,(H2,11,12,13). The molecule has 2 N–H and O–H groups in total. The molecule has 0 atom stereocenters. The Balaban J connectivity index is 2.22. The maximum atomic E-state index is 5.73. The molecule has 1 aromatic heterocycles. The van der Waals surface area contributed by atoms with E-state index >= 15 is 0 Å². The Hall–Kier alpha value is -1.36. The van der Waals surface area contributed by atoms with Crippen LogP contribution in [0, 0.1) is 0 Å². The molecule has 15 heavy (non-hydrogen) atoms. The van der Waals surface area contributed by atoms with E-state index < -0.39 is 0 Å². The van der Waals surface area contributed by atoms with Crippen LogP contribution < -0.4 is 10.6 Å². The third-order valence-electron chi connectivity index (χ3n) is 2.44. The van der Waals surface area contributed by atoms with Gasteiger partial charge in [-0.25, -0.2) is 4.98 Å². The summed E-state index contributed by atoms with van der Waals surface area (Å²) in [4.78, 5) is 10.8. The van der Waals surface area contributed by atoms with Gasteiger partial charge in [-0.15, -0.1) is 0 Å². The fourth-order valence-corrected chi connectivity index (χ4v) is 1.59. The molecule has 82 valence electrons. The third kappa shape index (κ3) is 2.36. The lowest BCUT2D eigenvalue weighted by molar-refractivity contribution is 0.122. The SMILES string of the molecule is CCc1cc(N)nc(N2CCOCC2)n1. The first-order valence-electron chi connectivity index (χ1n) is 5.25. The van der Waals surface area contributed by atoms with Crippen molar-refractivity contribution in [3.05, 3.63) is 11.8 Å². The molecular weight excluding hydrogens is 192 g/mol. The number of aromatic nitrogens is 2. The number of hydrogen-bond donors (Lipinski definition) is 1. The van der Waals surface area contributed by atoms with Crippen molar-refractivity contribution in [2.75, 3.05) is 36.9 Å². The summed E-state index contributed by atoms with van der Waals surface area (Å²) in [5.41, 5.74) is 6.72. The van der Waals surface area contributed by atoms with Crippen molar-refractivity contribution < 1.29 is 4.74 Å². The average Bonchev–Trinajstić information content (AvgIpc) is 2.29. The van der Waals surface area contributed by atoms with Crippen molar-refractivity contribution in [1.82, 2.24) is 9.97 Å². The largest absolute Gasteiger partial charge is 0.384 e. The van der Waals surface area contributed by atoms with Gasteiger partial charge in [0.15, 0.2) is 0 Å². The number of morpholine rings is 1. The van der Waals surface area contributed by atoms with Gasteiger partial charge in [0.25, 0.3) is 0 Å². The van der Waals surface area contributed by atoms with E-state index in [0.717, 1.165) is 44.4 Å². The van der Waals surface area contributed by atoms with Gasteiger partial charge >= 0.3 is 0 Å². The first-order valence-corrected chi connectivity index (χ1v) is 5.25. The van der Waals surface area contributed by atoms with E-state index in [4.69, 9.17) is 10.5 Å². The molecule has 1 fully saturated rings. The number of hydrogen-bond acceptors (Lipinski definition) is 5. The summed E-state index contributed by atoms with van der Waals surface area (Å²) in [6, 6.07) is 1.82. The summed E-state index contributed by atoms with van der Waals surface area (Å²) in [5, 5.41) is 0. The second-order valence-electron chi connectivity index (χ2n) is 3.54. The molecule has 2 heterocycles. The van der Waals surface area contributed by atoms with E-state index in [1.54, 1.807) is 0 Å². The molecule has 0 unspecified atom stereocenters. The summed E-state index contributed by atoms with van der Waals surface area (Å²) in [6.45, 7) is 5.21. The third-order valence-corrected chi connectivity index (χ3v) is 2.44. The molecule has 5 nitrogen and oxygen atoms in total. The van der Waals surface area contributed by atoms with Crippen molar-refractivity contribution in [1.29, 1.82) is 0 Å². The topological polar surface area (TPSA) is 64.3 Å². The summed E-state index contributed by atoms with van der Waals surface area (Å²) in [5.74, 6) is 1.28. The highest BCUT2D eigenvalue weighted by Gasteiger charge is 2.14. The Labute approximate surface area is 89.3 Å². The number of aryl methyl sites for hydroxylation is 1. The predicted octanol–water partition coefficient (Wildman–Crippen LogP) is 0.458. The van der Waals surface area contributed by atoms with Crippen LogP contribution in [0.2, 0.25) is 0 Å². The quantitative estimate of drug-likeness (QED) is 0.764. The Morgan fingerprint density at radius 2 is 2.13 bits per heavy atom. The van der Waals surface area contributed by atoms with E-state index in [0.29, 0.717) is 5.82 Å². The summed E-state index contributed by atoms with van der Waals surface area (Å²) in [7, 11) is 0. The zero-order valence-corrected chi connectivity index (χ0v) is 8.94. The van der Waals surface area contributed by atoms with E-state index in [9.17, 15) is 0 Å². The van der Waals surface area contributed by atoms with Gasteiger partial charge in [0.05, 0.1) is 13.2 Å². The van der Waals surface area contributed by atoms with Crippen LogP contribution in [0.5, 0.6) is 0 Å². The van der Waals surface area contributed by atoms with Crippen LogP contribution in [0.4, 0.5) is 11.8 Å². The summed E-state index contributed by atoms with van der Waals surface area (Å²) in [6.07, 6.45) is 0.879. The van der Waals surface area contributed by atoms with Crippen molar-refractivity contribution in [2.24, 2.45) is 0 Å². The molecule has 0 saturated carbocycles. The van der Waals surface area contributed by atoms with Crippen LogP contribution in [0.15, 0.2) is 6.07 Å². The zero-order valence-electron chi connectivity index (χ0n) is 8.94. The lowest BCUT2D eigenvalue weighted by Crippen LogP contribution is -2.37. The van der Waals surface area contributed by atoms with Gasteiger partial charge in [-0.3, -0.25) is 0 Å². The monoisotopic (exact) mass is 208 g/mol. The molecule has 0 bridgehead atoms. The minimum atomic E-state index is 0.545. The zero-order chi connectivity index (χ0) is 10.7. The Morgan fingerprint density at radius 1 is 1.40 bits per heavy atom. The van der Waals surface area contributed by atoms with Crippen LogP contribution in [0.3, 0.4) is 0 Å². The predicted molar refractivity (Wildman–Crippen MR) is 58.9 cm³/mol. The highest BCUT2D eigenvalue weighted by Crippen LogP contribution is 2.13. The lowest BCUT2D eigenvalue weighted by Gasteiger charge is -2.27. The normalized spacial score (nSPS) is 16.7. The highest BCUT2D eigenvalue weighted by atomic mass is 16.5. The van der Waals surface area contributed by atoms with E-state index in [2.05, 4.69) is 21.8 Å². The second-order valence-corrected chi connectivity index (χ2v) is 3.54. The maximum absolute atomic E-state index is 5.73. The van der Waals surface area contributed by atoms with E-state index in [1.807, 2.05) is 6.07 Å². The number of nitrogens with two attached hydrogens (primary N) is 1. The smallest absolute Gasteiger partial charge is 0.227 e. The minimum Gasteiger partial charge on any atom is -0.384 e. The van der Waals surface area contributed by atoms with Gasteiger partial charge in [-0.1, -0.05) is 6.92 Å². The number of rotatable bonds is 2. The van der Waals surface area contributed by atoms with Crippen LogP contribution in [-0.2, 0) is 11.2 Å². The molecule has 0 spiro atoms. The maximum Gasteiger partial charge on any atom is 0.227 e. The number of ether oxygens (including phenoxy) is 1. The van der Waals surface area contributed by atoms with Crippen molar-refractivity contribution >= 4 is 11.8 Å². The van der Waals surface area contributed by atoms with Gasteiger partial charge in [-0.2, -0.15) is 4.98 Å². The van der Waals surface area contributed by atoms with E-state index in [1.165, 1.54) is 0 Å². The minimum absolute atomic E-state index is 0.545. The summed E-state index contributed by atoms with van der Waals surface area (Å²) >= 11 is 0. The van der Waals surface area contributed by atoms with Gasteiger partial charge in [0, 0.05) is 24.8 Å². The molecule has 0 aliphatic carbocycles. The van der Waals surface area contributed by atoms with Crippen molar-refractivity contribution in [2.45, 2.75) is 13.3 Å². The Kier molecular flexibility index (Phi) is 3.01. The van der Waals surface area contributed by atoms with Crippen LogP contribution >= 0.6 is 0 Å². The Morgan fingerprint density at radius 3 is 2.80 bits per heavy atom. The molecule has 1 aliphatic rings. The first kappa shape index (κ1) is 10.2. The van der Waals surface area contributed by atoms with Crippen molar-refractivity contribution in [3.8, 4) is 0 Å². The van der Waals surface area contributed by atoms with E-state index in [-0.39, 0.29) is 0 Å². The Bertz CT molecular complexity index is 336.